The Kier molecular flexibility index (Phi) is 6.42. The van der Waals surface area contributed by atoms with Crippen LogP contribution in [0.5, 0.6) is 0 Å². The molecule has 2 aromatic rings. The first-order valence-electron chi connectivity index (χ1n) is 8.61. The molecule has 140 valence electrons. The summed E-state index contributed by atoms with van der Waals surface area (Å²) in [7, 11) is -3.57. The molecule has 1 atom stereocenters. The van der Waals surface area contributed by atoms with Gasteiger partial charge in [-0.05, 0) is 43.5 Å². The molecule has 0 fully saturated rings. The molecule has 6 heteroatoms. The number of aryl methyl sites for hydroxylation is 2. The summed E-state index contributed by atoms with van der Waals surface area (Å²) in [6.45, 7) is 5.63. The van der Waals surface area contributed by atoms with Crippen LogP contribution in [0, 0.1) is 13.8 Å². The molecule has 0 aliphatic carbocycles. The van der Waals surface area contributed by atoms with Crippen molar-refractivity contribution in [2.24, 2.45) is 0 Å². The van der Waals surface area contributed by atoms with Crippen LogP contribution in [-0.4, -0.2) is 27.1 Å². The fourth-order valence-corrected chi connectivity index (χ4v) is 3.62. The minimum Gasteiger partial charge on any atom is -0.348 e. The molecule has 0 heterocycles. The van der Waals surface area contributed by atoms with Gasteiger partial charge in [0, 0.05) is 0 Å². The van der Waals surface area contributed by atoms with Crippen LogP contribution in [0.25, 0.3) is 0 Å². The zero-order chi connectivity index (χ0) is 19.3. The minimum atomic E-state index is -3.57. The molecule has 0 saturated carbocycles. The third kappa shape index (κ3) is 5.33. The molecule has 5 nitrogen and oxygen atoms in total. The van der Waals surface area contributed by atoms with Crippen LogP contribution in [0.1, 0.15) is 36.1 Å². The zero-order valence-electron chi connectivity index (χ0n) is 15.7. The van der Waals surface area contributed by atoms with E-state index in [0.717, 1.165) is 33.7 Å². The topological polar surface area (TPSA) is 66.5 Å². The predicted octanol–water partition coefficient (Wildman–Crippen LogP) is 3.34. The number of carbonyl (C=O) groups is 1. The van der Waals surface area contributed by atoms with Crippen LogP contribution in [0.2, 0.25) is 0 Å². The molecule has 0 aromatic heterocycles. The lowest BCUT2D eigenvalue weighted by Crippen LogP contribution is -2.41. The Morgan fingerprint density at radius 3 is 2.27 bits per heavy atom. The maximum absolute atomic E-state index is 12.6. The Hall–Kier alpha value is -2.34. The monoisotopic (exact) mass is 374 g/mol. The number of rotatable bonds is 7. The third-order valence-electron chi connectivity index (χ3n) is 4.20. The van der Waals surface area contributed by atoms with E-state index < -0.39 is 10.0 Å². The molecule has 1 amide bonds. The van der Waals surface area contributed by atoms with Crippen LogP contribution < -0.4 is 9.62 Å². The summed E-state index contributed by atoms with van der Waals surface area (Å²) in [5.41, 5.74) is 3.58. The number of carbonyl (C=O) groups excluding carboxylic acids is 1. The second-order valence-corrected chi connectivity index (χ2v) is 8.45. The first-order valence-corrected chi connectivity index (χ1v) is 10.5. The number of amides is 1. The second kappa shape index (κ2) is 8.36. The maximum atomic E-state index is 12.6. The summed E-state index contributed by atoms with van der Waals surface area (Å²) >= 11 is 0. The van der Waals surface area contributed by atoms with Crippen molar-refractivity contribution < 1.29 is 13.2 Å². The number of hydrogen-bond donors (Lipinski definition) is 1. The van der Waals surface area contributed by atoms with Gasteiger partial charge in [-0.1, -0.05) is 48.9 Å². The van der Waals surface area contributed by atoms with Crippen LogP contribution in [0.15, 0.2) is 48.5 Å². The normalized spacial score (nSPS) is 12.5. The highest BCUT2D eigenvalue weighted by Crippen LogP contribution is 2.20. The first-order chi connectivity index (χ1) is 12.2. The summed E-state index contributed by atoms with van der Waals surface area (Å²) in [6, 6.07) is 14.9. The van der Waals surface area contributed by atoms with Crippen LogP contribution in [0.4, 0.5) is 5.69 Å². The highest BCUT2D eigenvalue weighted by molar-refractivity contribution is 7.92. The molecule has 1 unspecified atom stereocenters. The average molecular weight is 375 g/mol. The van der Waals surface area contributed by atoms with Gasteiger partial charge in [0.15, 0.2) is 0 Å². The average Bonchev–Trinajstić information content (AvgIpc) is 2.57. The van der Waals surface area contributed by atoms with Gasteiger partial charge >= 0.3 is 0 Å². The Morgan fingerprint density at radius 1 is 1.08 bits per heavy atom. The molecule has 0 aliphatic heterocycles. The van der Waals surface area contributed by atoms with E-state index >= 15 is 0 Å². The summed E-state index contributed by atoms with van der Waals surface area (Å²) in [5, 5.41) is 2.94. The van der Waals surface area contributed by atoms with E-state index in [1.54, 1.807) is 18.2 Å². The highest BCUT2D eigenvalue weighted by atomic mass is 32.2. The van der Waals surface area contributed by atoms with Crippen molar-refractivity contribution >= 4 is 21.6 Å². The molecule has 0 radical (unpaired) electrons. The van der Waals surface area contributed by atoms with Crippen molar-refractivity contribution in [1.29, 1.82) is 0 Å². The zero-order valence-corrected chi connectivity index (χ0v) is 16.5. The summed E-state index contributed by atoms with van der Waals surface area (Å²) in [6.07, 6.45) is 1.83. The van der Waals surface area contributed by atoms with Gasteiger partial charge in [0.1, 0.15) is 6.54 Å². The van der Waals surface area contributed by atoms with E-state index in [-0.39, 0.29) is 18.5 Å². The smallest absolute Gasteiger partial charge is 0.241 e. The van der Waals surface area contributed by atoms with Crippen LogP contribution in [-0.2, 0) is 14.8 Å². The van der Waals surface area contributed by atoms with Gasteiger partial charge in [0.2, 0.25) is 15.9 Å². The van der Waals surface area contributed by atoms with Crippen LogP contribution in [0.3, 0.4) is 0 Å². The van der Waals surface area contributed by atoms with E-state index in [2.05, 4.69) is 5.32 Å². The van der Waals surface area contributed by atoms with Gasteiger partial charge in [-0.3, -0.25) is 9.10 Å². The molecule has 0 bridgehead atoms. The van der Waals surface area contributed by atoms with Crippen LogP contribution >= 0.6 is 0 Å². The summed E-state index contributed by atoms with van der Waals surface area (Å²) in [5.74, 6) is -0.329. The Balaban J connectivity index is 2.17. The standard InChI is InChI=1S/C20H26N2O3S/c1-5-19(17-11-9-15(2)10-12-17)21-20(23)14-22(26(4,24)25)18-8-6-7-16(3)13-18/h6-13,19H,5,14H2,1-4H3,(H,21,23). The predicted molar refractivity (Wildman–Crippen MR) is 106 cm³/mol. The van der Waals surface area contributed by atoms with Crippen molar-refractivity contribution in [1.82, 2.24) is 5.32 Å². The fraction of sp³-hybridized carbons (Fsp3) is 0.350. The molecule has 0 aliphatic rings. The Labute approximate surface area is 156 Å². The van der Waals surface area contributed by atoms with Gasteiger partial charge in [0.25, 0.3) is 0 Å². The lowest BCUT2D eigenvalue weighted by atomic mass is 10.0. The lowest BCUT2D eigenvalue weighted by Gasteiger charge is -2.24. The molecule has 26 heavy (non-hydrogen) atoms. The molecule has 2 rings (SSSR count). The third-order valence-corrected chi connectivity index (χ3v) is 5.34. The number of nitrogens with one attached hydrogen (secondary N) is 1. The number of nitrogens with zero attached hydrogens (tertiary/aromatic N) is 1. The van der Waals surface area contributed by atoms with Crippen molar-refractivity contribution in [3.8, 4) is 0 Å². The second-order valence-electron chi connectivity index (χ2n) is 6.55. The Bertz CT molecular complexity index is 861. The number of benzene rings is 2. The van der Waals surface area contributed by atoms with Gasteiger partial charge < -0.3 is 5.32 Å². The number of anilines is 1. The van der Waals surface area contributed by atoms with Gasteiger partial charge in [0.05, 0.1) is 18.0 Å². The highest BCUT2D eigenvalue weighted by Gasteiger charge is 2.22. The van der Waals surface area contributed by atoms with E-state index in [4.69, 9.17) is 0 Å². The van der Waals surface area contributed by atoms with Crippen molar-refractivity contribution in [2.75, 3.05) is 17.1 Å². The molecule has 0 saturated heterocycles. The summed E-state index contributed by atoms with van der Waals surface area (Å²) in [4.78, 5) is 12.6. The number of hydrogen-bond acceptors (Lipinski definition) is 3. The molecule has 1 N–H and O–H groups in total. The molecular weight excluding hydrogens is 348 g/mol. The Morgan fingerprint density at radius 2 is 1.73 bits per heavy atom. The minimum absolute atomic E-state index is 0.151. The van der Waals surface area contributed by atoms with Gasteiger partial charge in [-0.2, -0.15) is 0 Å². The largest absolute Gasteiger partial charge is 0.348 e. The van der Waals surface area contributed by atoms with Gasteiger partial charge in [-0.25, -0.2) is 8.42 Å². The quantitative estimate of drug-likeness (QED) is 0.808. The van der Waals surface area contributed by atoms with Crippen molar-refractivity contribution in [3.05, 3.63) is 65.2 Å². The van der Waals surface area contributed by atoms with E-state index in [9.17, 15) is 13.2 Å². The molecule has 2 aromatic carbocycles. The SMILES string of the molecule is CCC(NC(=O)CN(c1cccc(C)c1)S(C)(=O)=O)c1ccc(C)cc1. The van der Waals surface area contributed by atoms with E-state index in [0.29, 0.717) is 5.69 Å². The molecular formula is C20H26N2O3S. The maximum Gasteiger partial charge on any atom is 0.241 e. The van der Waals surface area contributed by atoms with E-state index in [1.807, 2.05) is 51.1 Å². The van der Waals surface area contributed by atoms with E-state index in [1.165, 1.54) is 0 Å². The van der Waals surface area contributed by atoms with Crippen molar-refractivity contribution in [2.45, 2.75) is 33.2 Å². The van der Waals surface area contributed by atoms with Gasteiger partial charge in [-0.15, -0.1) is 0 Å². The lowest BCUT2D eigenvalue weighted by molar-refractivity contribution is -0.120. The number of sulfonamides is 1. The van der Waals surface area contributed by atoms with Crippen molar-refractivity contribution in [3.63, 3.8) is 0 Å². The summed E-state index contributed by atoms with van der Waals surface area (Å²) < 4.78 is 25.5. The fourth-order valence-electron chi connectivity index (χ4n) is 2.77. The first kappa shape index (κ1) is 20.0. The molecule has 0 spiro atoms.